The summed E-state index contributed by atoms with van der Waals surface area (Å²) in [5.41, 5.74) is 1.14. The molecule has 1 aromatic carbocycles. The van der Waals surface area contributed by atoms with Crippen molar-refractivity contribution in [2.45, 2.75) is 32.8 Å². The van der Waals surface area contributed by atoms with Gasteiger partial charge in [-0.3, -0.25) is 9.69 Å². The molecule has 0 saturated carbocycles. The van der Waals surface area contributed by atoms with E-state index < -0.39 is 6.10 Å². The lowest BCUT2D eigenvalue weighted by molar-refractivity contribution is -0.139. The maximum Gasteiger partial charge on any atom is 0.263 e. The summed E-state index contributed by atoms with van der Waals surface area (Å²) in [6.45, 7) is 14.1. The molecule has 1 heterocycles. The minimum Gasteiger partial charge on any atom is -0.481 e. The second-order valence-electron chi connectivity index (χ2n) is 6.37. The molecule has 1 amide bonds. The van der Waals surface area contributed by atoms with Crippen molar-refractivity contribution in [2.75, 3.05) is 32.7 Å². The van der Waals surface area contributed by atoms with Crippen molar-refractivity contribution >= 4 is 5.91 Å². The van der Waals surface area contributed by atoms with Crippen LogP contribution in [0.4, 0.5) is 0 Å². The van der Waals surface area contributed by atoms with Crippen molar-refractivity contribution in [1.29, 1.82) is 0 Å². The molecule has 0 radical (unpaired) electrons. The van der Waals surface area contributed by atoms with Gasteiger partial charge in [-0.15, -0.1) is 6.58 Å². The van der Waals surface area contributed by atoms with Crippen molar-refractivity contribution in [1.82, 2.24) is 9.80 Å². The van der Waals surface area contributed by atoms with Crippen molar-refractivity contribution in [3.63, 3.8) is 0 Å². The maximum absolute atomic E-state index is 12.6. The van der Waals surface area contributed by atoms with Crippen molar-refractivity contribution < 1.29 is 9.53 Å². The zero-order chi connectivity index (χ0) is 16.8. The van der Waals surface area contributed by atoms with Gasteiger partial charge in [-0.05, 0) is 24.5 Å². The van der Waals surface area contributed by atoms with E-state index in [9.17, 15) is 4.79 Å². The van der Waals surface area contributed by atoms with Crippen LogP contribution in [0.25, 0.3) is 0 Å². The summed E-state index contributed by atoms with van der Waals surface area (Å²) in [6, 6.07) is 7.96. The van der Waals surface area contributed by atoms with Crippen LogP contribution in [-0.2, 0) is 4.79 Å². The zero-order valence-corrected chi connectivity index (χ0v) is 14.5. The highest BCUT2D eigenvalue weighted by Gasteiger charge is 2.26. The SMILES string of the molecule is C=CCN1CCN(C(=O)C(C)Oc2ccccc2C(C)C)CC1. The summed E-state index contributed by atoms with van der Waals surface area (Å²) in [5, 5.41) is 0. The van der Waals surface area contributed by atoms with E-state index in [-0.39, 0.29) is 5.91 Å². The molecule has 1 fully saturated rings. The van der Waals surface area contributed by atoms with E-state index in [1.54, 1.807) is 0 Å². The highest BCUT2D eigenvalue weighted by molar-refractivity contribution is 5.81. The van der Waals surface area contributed by atoms with E-state index in [1.807, 2.05) is 36.1 Å². The number of nitrogens with zero attached hydrogens (tertiary/aromatic N) is 2. The van der Waals surface area contributed by atoms with Gasteiger partial charge in [0.1, 0.15) is 5.75 Å². The number of para-hydroxylation sites is 1. The number of carbonyl (C=O) groups is 1. The van der Waals surface area contributed by atoms with Crippen LogP contribution >= 0.6 is 0 Å². The second-order valence-corrected chi connectivity index (χ2v) is 6.37. The van der Waals surface area contributed by atoms with Crippen molar-refractivity contribution in [3.8, 4) is 5.75 Å². The monoisotopic (exact) mass is 316 g/mol. The van der Waals surface area contributed by atoms with E-state index in [4.69, 9.17) is 4.74 Å². The van der Waals surface area contributed by atoms with Crippen LogP contribution in [0.15, 0.2) is 36.9 Å². The minimum atomic E-state index is -0.458. The van der Waals surface area contributed by atoms with Crippen LogP contribution in [0.1, 0.15) is 32.3 Å². The molecular weight excluding hydrogens is 288 g/mol. The Bertz CT molecular complexity index is 534. The van der Waals surface area contributed by atoms with Crippen molar-refractivity contribution in [2.24, 2.45) is 0 Å². The molecule has 0 bridgehead atoms. The van der Waals surface area contributed by atoms with Crippen LogP contribution in [0.2, 0.25) is 0 Å². The first-order valence-corrected chi connectivity index (χ1v) is 8.40. The van der Waals surface area contributed by atoms with Gasteiger partial charge in [-0.25, -0.2) is 0 Å². The third-order valence-electron chi connectivity index (χ3n) is 4.26. The Labute approximate surface area is 139 Å². The molecule has 0 aromatic heterocycles. The summed E-state index contributed by atoms with van der Waals surface area (Å²) < 4.78 is 5.98. The maximum atomic E-state index is 12.6. The fourth-order valence-electron chi connectivity index (χ4n) is 2.90. The summed E-state index contributed by atoms with van der Waals surface area (Å²) >= 11 is 0. The van der Waals surface area contributed by atoms with Gasteiger partial charge in [0.2, 0.25) is 0 Å². The van der Waals surface area contributed by atoms with Gasteiger partial charge in [0.25, 0.3) is 5.91 Å². The first kappa shape index (κ1) is 17.5. The quantitative estimate of drug-likeness (QED) is 0.757. The van der Waals surface area contributed by atoms with E-state index in [0.717, 1.165) is 44.0 Å². The fraction of sp³-hybridized carbons (Fsp3) is 0.526. The molecule has 1 unspecified atom stereocenters. The van der Waals surface area contributed by atoms with E-state index in [2.05, 4.69) is 31.4 Å². The van der Waals surface area contributed by atoms with E-state index in [1.165, 1.54) is 0 Å². The summed E-state index contributed by atoms with van der Waals surface area (Å²) in [5.74, 6) is 1.26. The lowest BCUT2D eigenvalue weighted by Crippen LogP contribution is -2.51. The molecule has 1 atom stereocenters. The van der Waals surface area contributed by atoms with Gasteiger partial charge in [0, 0.05) is 32.7 Å². The Kier molecular flexibility index (Phi) is 6.22. The third kappa shape index (κ3) is 4.58. The van der Waals surface area contributed by atoms with Gasteiger partial charge in [-0.2, -0.15) is 0 Å². The molecule has 126 valence electrons. The average molecular weight is 316 g/mol. The fourth-order valence-corrected chi connectivity index (χ4v) is 2.90. The molecule has 4 nitrogen and oxygen atoms in total. The van der Waals surface area contributed by atoms with Crippen LogP contribution in [-0.4, -0.2) is 54.5 Å². The molecular formula is C19H28N2O2. The van der Waals surface area contributed by atoms with Gasteiger partial charge in [0.15, 0.2) is 6.10 Å². The van der Waals surface area contributed by atoms with Gasteiger partial charge in [-0.1, -0.05) is 38.1 Å². The molecule has 1 saturated heterocycles. The number of rotatable bonds is 6. The van der Waals surface area contributed by atoms with Crippen molar-refractivity contribution in [3.05, 3.63) is 42.5 Å². The molecule has 2 rings (SSSR count). The Morgan fingerprint density at radius 2 is 1.87 bits per heavy atom. The summed E-state index contributed by atoms with van der Waals surface area (Å²) in [6.07, 6.45) is 1.45. The number of hydrogen-bond acceptors (Lipinski definition) is 3. The van der Waals surface area contributed by atoms with Gasteiger partial charge >= 0.3 is 0 Å². The largest absolute Gasteiger partial charge is 0.481 e. The summed E-state index contributed by atoms with van der Waals surface area (Å²) in [7, 11) is 0. The first-order valence-electron chi connectivity index (χ1n) is 8.40. The Balaban J connectivity index is 1.95. The highest BCUT2D eigenvalue weighted by Crippen LogP contribution is 2.27. The van der Waals surface area contributed by atoms with E-state index >= 15 is 0 Å². The molecule has 0 spiro atoms. The minimum absolute atomic E-state index is 0.0711. The van der Waals surface area contributed by atoms with Crippen LogP contribution in [0, 0.1) is 0 Å². The Morgan fingerprint density at radius 1 is 1.22 bits per heavy atom. The number of carbonyl (C=O) groups excluding carboxylic acids is 1. The number of benzene rings is 1. The molecule has 1 aromatic rings. The number of amides is 1. The Morgan fingerprint density at radius 3 is 2.48 bits per heavy atom. The smallest absolute Gasteiger partial charge is 0.263 e. The normalized spacial score (nSPS) is 17.1. The number of piperazine rings is 1. The summed E-state index contributed by atoms with van der Waals surface area (Å²) in [4.78, 5) is 16.8. The standard InChI is InChI=1S/C19H28N2O2/c1-5-10-20-11-13-21(14-12-20)19(22)16(4)23-18-9-7-6-8-17(18)15(2)3/h5-9,15-16H,1,10-14H2,2-4H3. The first-order chi connectivity index (χ1) is 11.0. The molecule has 0 aliphatic carbocycles. The number of ether oxygens (including phenoxy) is 1. The predicted molar refractivity (Wildman–Crippen MR) is 93.8 cm³/mol. The van der Waals surface area contributed by atoms with Gasteiger partial charge in [0.05, 0.1) is 0 Å². The molecule has 23 heavy (non-hydrogen) atoms. The van der Waals surface area contributed by atoms with Crippen LogP contribution in [0.3, 0.4) is 0 Å². The van der Waals surface area contributed by atoms with Crippen LogP contribution in [0.5, 0.6) is 5.75 Å². The van der Waals surface area contributed by atoms with Crippen LogP contribution < -0.4 is 4.74 Å². The molecule has 0 N–H and O–H groups in total. The lowest BCUT2D eigenvalue weighted by Gasteiger charge is -2.35. The molecule has 1 aliphatic rings. The zero-order valence-electron chi connectivity index (χ0n) is 14.5. The topological polar surface area (TPSA) is 32.8 Å². The Hall–Kier alpha value is -1.81. The second kappa shape index (κ2) is 8.16. The molecule has 4 heteroatoms. The van der Waals surface area contributed by atoms with E-state index in [0.29, 0.717) is 5.92 Å². The average Bonchev–Trinajstić information content (AvgIpc) is 2.55. The lowest BCUT2D eigenvalue weighted by atomic mass is 10.0. The number of hydrogen-bond donors (Lipinski definition) is 0. The third-order valence-corrected chi connectivity index (χ3v) is 4.26. The predicted octanol–water partition coefficient (Wildman–Crippen LogP) is 2.91. The highest BCUT2D eigenvalue weighted by atomic mass is 16.5. The van der Waals surface area contributed by atoms with Gasteiger partial charge < -0.3 is 9.64 Å². The molecule has 1 aliphatic heterocycles.